The van der Waals surface area contributed by atoms with Crippen molar-refractivity contribution in [1.82, 2.24) is 0 Å². The van der Waals surface area contributed by atoms with Crippen LogP contribution in [-0.4, -0.2) is 48.6 Å². The zero-order valence-electron chi connectivity index (χ0n) is 9.33. The van der Waals surface area contributed by atoms with Crippen molar-refractivity contribution in [2.75, 3.05) is 0 Å². The Morgan fingerprint density at radius 3 is 1.85 bits per heavy atom. The maximum atomic E-state index is 11.3. The van der Waals surface area contributed by atoms with Crippen LogP contribution in [0.2, 0.25) is 0 Å². The molecule has 0 spiro atoms. The fourth-order valence-corrected chi connectivity index (χ4v) is 3.11. The molecule has 1 rings (SSSR count). The van der Waals surface area contributed by atoms with Crippen molar-refractivity contribution in [2.45, 2.75) is 4.32 Å². The van der Waals surface area contributed by atoms with E-state index in [-0.39, 0.29) is 4.48 Å². The molecular weight excluding hydrogens is 408 g/mol. The van der Waals surface area contributed by atoms with E-state index in [0.717, 1.165) is 6.08 Å². The van der Waals surface area contributed by atoms with Crippen molar-refractivity contribution >= 4 is 55.7 Å². The molecule has 0 bridgehead atoms. The summed E-state index contributed by atoms with van der Waals surface area (Å²) in [6.45, 7) is 0. The highest BCUT2D eigenvalue weighted by molar-refractivity contribution is 9.12. The lowest BCUT2D eigenvalue weighted by molar-refractivity contribution is -0.151. The van der Waals surface area contributed by atoms with Gasteiger partial charge in [0.05, 0.1) is 11.1 Å². The predicted octanol–water partition coefficient (Wildman–Crippen LogP) is 0.664. The molecule has 0 radical (unpaired) electrons. The minimum Gasteiger partial charge on any atom is -0.481 e. The van der Waals surface area contributed by atoms with Crippen LogP contribution in [0.4, 0.5) is 0 Å². The molecule has 0 fully saturated rings. The summed E-state index contributed by atoms with van der Waals surface area (Å²) in [7, 11) is 0. The number of hydrogen-bond donors (Lipinski definition) is 4. The summed E-state index contributed by atoms with van der Waals surface area (Å²) in [4.78, 5) is 44.9. The van der Waals surface area contributed by atoms with Crippen molar-refractivity contribution in [2.24, 2.45) is 5.92 Å². The van der Waals surface area contributed by atoms with Gasteiger partial charge >= 0.3 is 23.9 Å². The Hall–Kier alpha value is -1.68. The van der Waals surface area contributed by atoms with Crippen molar-refractivity contribution in [3.63, 3.8) is 0 Å². The number of allylic oxidation sites excluding steroid dienone is 2. The van der Waals surface area contributed by atoms with Crippen LogP contribution >= 0.6 is 31.9 Å². The summed E-state index contributed by atoms with van der Waals surface area (Å²) in [5.41, 5.74) is -1.56. The minimum atomic E-state index is -2.59. The number of rotatable bonds is 4. The van der Waals surface area contributed by atoms with Crippen LogP contribution in [0.5, 0.6) is 0 Å². The first-order valence-corrected chi connectivity index (χ1v) is 6.37. The van der Waals surface area contributed by atoms with Crippen LogP contribution in [0.1, 0.15) is 0 Å². The second kappa shape index (κ2) is 5.37. The summed E-state index contributed by atoms with van der Waals surface area (Å²) >= 11 is 5.34. The van der Waals surface area contributed by atoms with Gasteiger partial charge in [0.15, 0.2) is 4.32 Å². The van der Waals surface area contributed by atoms with E-state index in [0.29, 0.717) is 0 Å². The average Bonchev–Trinajstić information content (AvgIpc) is 2.29. The summed E-state index contributed by atoms with van der Waals surface area (Å²) in [6, 6.07) is 0. The summed E-state index contributed by atoms with van der Waals surface area (Å²) in [5.74, 6) is -9.09. The molecule has 2 atom stereocenters. The zero-order valence-corrected chi connectivity index (χ0v) is 12.5. The van der Waals surface area contributed by atoms with Crippen molar-refractivity contribution in [1.29, 1.82) is 0 Å². The Labute approximate surface area is 127 Å². The van der Waals surface area contributed by atoms with E-state index in [9.17, 15) is 24.3 Å². The SMILES string of the molecule is O=C(O)C1=CC(Br)=C(C(=O)O)C(C(=O)O)C1(Br)C(=O)O. The van der Waals surface area contributed by atoms with Crippen molar-refractivity contribution < 1.29 is 39.6 Å². The molecule has 10 heteroatoms. The van der Waals surface area contributed by atoms with Gasteiger partial charge in [-0.15, -0.1) is 0 Å². The van der Waals surface area contributed by atoms with Gasteiger partial charge in [-0.3, -0.25) is 9.59 Å². The molecule has 0 aromatic carbocycles. The molecule has 0 aromatic rings. The first-order valence-electron chi connectivity index (χ1n) is 4.78. The molecule has 20 heavy (non-hydrogen) atoms. The Balaban J connectivity index is 3.77. The van der Waals surface area contributed by atoms with E-state index < -0.39 is 45.3 Å². The molecule has 0 amide bonds. The third-order valence-corrected chi connectivity index (χ3v) is 4.51. The fraction of sp³-hybridized carbons (Fsp3) is 0.200. The van der Waals surface area contributed by atoms with Gasteiger partial charge in [-0.1, -0.05) is 31.9 Å². The number of carboxylic acids is 4. The molecule has 1 aliphatic carbocycles. The third-order valence-electron chi connectivity index (χ3n) is 2.63. The zero-order chi connectivity index (χ0) is 15.8. The minimum absolute atomic E-state index is 0.314. The molecule has 1 aliphatic rings. The summed E-state index contributed by atoms with van der Waals surface area (Å²) in [6.07, 6.45) is 0.758. The Morgan fingerprint density at radius 2 is 1.55 bits per heavy atom. The molecule has 8 nitrogen and oxygen atoms in total. The molecule has 0 saturated heterocycles. The number of halogens is 2. The summed E-state index contributed by atoms with van der Waals surface area (Å²) < 4.78 is -2.90. The average molecular weight is 414 g/mol. The van der Waals surface area contributed by atoms with Crippen molar-refractivity contribution in [3.05, 3.63) is 21.7 Å². The molecule has 0 saturated carbocycles. The normalized spacial score (nSPS) is 25.9. The Bertz CT molecular complexity index is 590. The van der Waals surface area contributed by atoms with E-state index >= 15 is 0 Å². The van der Waals surface area contributed by atoms with Gasteiger partial charge in [0.2, 0.25) is 0 Å². The second-order valence-electron chi connectivity index (χ2n) is 3.72. The van der Waals surface area contributed by atoms with Crippen LogP contribution in [0, 0.1) is 5.92 Å². The van der Waals surface area contributed by atoms with Gasteiger partial charge in [0, 0.05) is 4.48 Å². The van der Waals surface area contributed by atoms with Crippen molar-refractivity contribution in [3.8, 4) is 0 Å². The molecule has 0 heterocycles. The lowest BCUT2D eigenvalue weighted by Crippen LogP contribution is -2.51. The van der Waals surface area contributed by atoms with E-state index in [1.165, 1.54) is 0 Å². The van der Waals surface area contributed by atoms with Gasteiger partial charge < -0.3 is 20.4 Å². The standard InChI is InChI=1S/C10H6Br2O8/c11-3-1-2(6(13)14)10(12,9(19)20)5(8(17)18)4(3)7(15)16/h1,5H,(H,13,14)(H,15,16)(H,17,18)(H,19,20). The molecular formula is C10H6Br2O8. The lowest BCUT2D eigenvalue weighted by atomic mass is 9.76. The highest BCUT2D eigenvalue weighted by atomic mass is 79.9. The molecule has 2 unspecified atom stereocenters. The first-order chi connectivity index (χ1) is 9.05. The maximum absolute atomic E-state index is 11.3. The smallest absolute Gasteiger partial charge is 0.333 e. The topological polar surface area (TPSA) is 149 Å². The lowest BCUT2D eigenvalue weighted by Gasteiger charge is -2.33. The maximum Gasteiger partial charge on any atom is 0.333 e. The van der Waals surface area contributed by atoms with E-state index in [2.05, 4.69) is 31.9 Å². The van der Waals surface area contributed by atoms with Crippen LogP contribution in [0.3, 0.4) is 0 Å². The highest BCUT2D eigenvalue weighted by Gasteiger charge is 2.58. The predicted molar refractivity (Wildman–Crippen MR) is 69.7 cm³/mol. The van der Waals surface area contributed by atoms with Gasteiger partial charge in [0.25, 0.3) is 0 Å². The quantitative estimate of drug-likeness (QED) is 0.491. The highest BCUT2D eigenvalue weighted by Crippen LogP contribution is 2.46. The van der Waals surface area contributed by atoms with E-state index in [1.54, 1.807) is 0 Å². The third kappa shape index (κ3) is 2.36. The number of aliphatic carboxylic acids is 4. The Morgan fingerprint density at radius 1 is 1.05 bits per heavy atom. The molecule has 0 aliphatic heterocycles. The largest absolute Gasteiger partial charge is 0.481 e. The van der Waals surface area contributed by atoms with Gasteiger partial charge in [-0.05, 0) is 6.08 Å². The number of carboxylic acid groups (broad SMARTS) is 4. The monoisotopic (exact) mass is 412 g/mol. The van der Waals surface area contributed by atoms with Gasteiger partial charge in [-0.2, -0.15) is 0 Å². The van der Waals surface area contributed by atoms with E-state index in [1.807, 2.05) is 0 Å². The van der Waals surface area contributed by atoms with E-state index in [4.69, 9.17) is 15.3 Å². The number of carbonyl (C=O) groups is 4. The van der Waals surface area contributed by atoms with Gasteiger partial charge in [-0.25, -0.2) is 9.59 Å². The second-order valence-corrected chi connectivity index (χ2v) is 5.82. The van der Waals surface area contributed by atoms with Crippen LogP contribution in [-0.2, 0) is 19.2 Å². The first kappa shape index (κ1) is 16.4. The number of alkyl halides is 1. The van der Waals surface area contributed by atoms with Crippen LogP contribution < -0.4 is 0 Å². The fourth-order valence-electron chi connectivity index (χ4n) is 1.78. The van der Waals surface area contributed by atoms with Gasteiger partial charge in [0.1, 0.15) is 5.92 Å². The molecule has 108 valence electrons. The Kier molecular flexibility index (Phi) is 4.39. The van der Waals surface area contributed by atoms with Crippen LogP contribution in [0.25, 0.3) is 0 Å². The molecule has 4 N–H and O–H groups in total. The summed E-state index contributed by atoms with van der Waals surface area (Å²) in [5, 5.41) is 36.3. The molecule has 0 aromatic heterocycles. The number of hydrogen-bond acceptors (Lipinski definition) is 4. The van der Waals surface area contributed by atoms with Crippen LogP contribution in [0.15, 0.2) is 21.7 Å².